The van der Waals surface area contributed by atoms with Gasteiger partial charge in [-0.25, -0.2) is 0 Å². The molecule has 0 atom stereocenters. The molecule has 2 rings (SSSR count). The molecule has 4 N–H and O–H groups in total. The standard InChI is InChI=1S/C13H13BrN4O/c1-8(15)18-13(19)5-11-10(3-2-4-12(11)14)9-6-16-17-7-9/h2-4,6-7H,1,5,15H2,(H,16,17)(H,18,19). The molecule has 1 aromatic heterocycles. The third-order valence-corrected chi connectivity index (χ3v) is 3.31. The summed E-state index contributed by atoms with van der Waals surface area (Å²) in [6, 6.07) is 5.74. The van der Waals surface area contributed by atoms with Crippen LogP contribution in [0.25, 0.3) is 11.1 Å². The van der Waals surface area contributed by atoms with E-state index in [1.807, 2.05) is 18.2 Å². The number of H-pyrrole nitrogens is 1. The number of hydrogen-bond donors (Lipinski definition) is 3. The van der Waals surface area contributed by atoms with Crippen molar-refractivity contribution in [1.82, 2.24) is 15.5 Å². The number of amides is 1. The number of nitrogens with two attached hydrogens (primary N) is 1. The first kappa shape index (κ1) is 13.4. The summed E-state index contributed by atoms with van der Waals surface area (Å²) in [5.74, 6) is -0.0638. The molecule has 6 heteroatoms. The summed E-state index contributed by atoms with van der Waals surface area (Å²) >= 11 is 3.46. The van der Waals surface area contributed by atoms with Crippen LogP contribution in [0.4, 0.5) is 0 Å². The van der Waals surface area contributed by atoms with Gasteiger partial charge in [0.15, 0.2) is 0 Å². The Bertz CT molecular complexity index is 607. The number of aromatic amines is 1. The lowest BCUT2D eigenvalue weighted by Crippen LogP contribution is -2.28. The van der Waals surface area contributed by atoms with E-state index in [4.69, 9.17) is 5.73 Å². The van der Waals surface area contributed by atoms with Crippen LogP contribution in [0.15, 0.2) is 47.5 Å². The Morgan fingerprint density at radius 3 is 2.95 bits per heavy atom. The molecule has 2 aromatic rings. The van der Waals surface area contributed by atoms with Crippen LogP contribution in [0, 0.1) is 0 Å². The number of carbonyl (C=O) groups excluding carboxylic acids is 1. The quantitative estimate of drug-likeness (QED) is 0.804. The number of nitrogens with zero attached hydrogens (tertiary/aromatic N) is 1. The van der Waals surface area contributed by atoms with Gasteiger partial charge >= 0.3 is 0 Å². The van der Waals surface area contributed by atoms with Gasteiger partial charge in [0.1, 0.15) is 0 Å². The SMILES string of the molecule is C=C(N)NC(=O)Cc1c(Br)cccc1-c1cn[nH]c1. The molecule has 0 bridgehead atoms. The van der Waals surface area contributed by atoms with Gasteiger partial charge in [-0.3, -0.25) is 9.89 Å². The lowest BCUT2D eigenvalue weighted by Gasteiger charge is -2.10. The van der Waals surface area contributed by atoms with Gasteiger partial charge in [-0.1, -0.05) is 34.6 Å². The number of benzene rings is 1. The highest BCUT2D eigenvalue weighted by molar-refractivity contribution is 9.10. The second kappa shape index (κ2) is 5.71. The normalized spacial score (nSPS) is 10.2. The Hall–Kier alpha value is -2.08. The van der Waals surface area contributed by atoms with E-state index in [9.17, 15) is 4.79 Å². The fourth-order valence-electron chi connectivity index (χ4n) is 1.79. The molecule has 1 heterocycles. The molecule has 0 aliphatic heterocycles. The minimum Gasteiger partial charge on any atom is -0.386 e. The van der Waals surface area contributed by atoms with Crippen LogP contribution in [0.1, 0.15) is 5.56 Å². The van der Waals surface area contributed by atoms with Crippen LogP contribution in [-0.2, 0) is 11.2 Å². The van der Waals surface area contributed by atoms with Gasteiger partial charge in [-0.05, 0) is 17.2 Å². The van der Waals surface area contributed by atoms with Gasteiger partial charge < -0.3 is 11.1 Å². The molecule has 0 saturated carbocycles. The number of nitrogens with one attached hydrogen (secondary N) is 2. The lowest BCUT2D eigenvalue weighted by atomic mass is 10.00. The number of halogens is 1. The Labute approximate surface area is 119 Å². The van der Waals surface area contributed by atoms with Gasteiger partial charge in [0.2, 0.25) is 5.91 Å². The molecular weight excluding hydrogens is 308 g/mol. The first-order chi connectivity index (χ1) is 9.08. The van der Waals surface area contributed by atoms with E-state index in [0.717, 1.165) is 21.2 Å². The molecule has 5 nitrogen and oxygen atoms in total. The van der Waals surface area contributed by atoms with Crippen molar-refractivity contribution < 1.29 is 4.79 Å². The largest absolute Gasteiger partial charge is 0.386 e. The third kappa shape index (κ3) is 3.23. The monoisotopic (exact) mass is 320 g/mol. The molecule has 0 radical (unpaired) electrons. The summed E-state index contributed by atoms with van der Waals surface area (Å²) < 4.78 is 0.865. The first-order valence-electron chi connectivity index (χ1n) is 5.58. The Balaban J connectivity index is 2.34. The van der Waals surface area contributed by atoms with Crippen molar-refractivity contribution in [2.45, 2.75) is 6.42 Å². The zero-order chi connectivity index (χ0) is 13.8. The van der Waals surface area contributed by atoms with Crippen LogP contribution >= 0.6 is 15.9 Å². The molecular formula is C13H13BrN4O. The topological polar surface area (TPSA) is 83.8 Å². The predicted molar refractivity (Wildman–Crippen MR) is 76.9 cm³/mol. The van der Waals surface area contributed by atoms with E-state index in [1.165, 1.54) is 0 Å². The second-order valence-corrected chi connectivity index (χ2v) is 4.86. The lowest BCUT2D eigenvalue weighted by molar-refractivity contribution is -0.119. The summed E-state index contributed by atoms with van der Waals surface area (Å²) in [7, 11) is 0. The van der Waals surface area contributed by atoms with Crippen molar-refractivity contribution in [2.75, 3.05) is 0 Å². The highest BCUT2D eigenvalue weighted by Gasteiger charge is 2.13. The summed E-state index contributed by atoms with van der Waals surface area (Å²) in [6.07, 6.45) is 3.70. The summed E-state index contributed by atoms with van der Waals surface area (Å²) in [4.78, 5) is 11.8. The van der Waals surface area contributed by atoms with Crippen molar-refractivity contribution in [3.8, 4) is 11.1 Å². The summed E-state index contributed by atoms with van der Waals surface area (Å²) in [5, 5.41) is 9.17. The van der Waals surface area contributed by atoms with Crippen molar-refractivity contribution >= 4 is 21.8 Å². The number of aromatic nitrogens is 2. The minimum absolute atomic E-state index is 0.141. The average molecular weight is 321 g/mol. The Kier molecular flexibility index (Phi) is 4.01. The maximum Gasteiger partial charge on any atom is 0.229 e. The van der Waals surface area contributed by atoms with Crippen LogP contribution in [0.5, 0.6) is 0 Å². The highest BCUT2D eigenvalue weighted by atomic mass is 79.9. The van der Waals surface area contributed by atoms with E-state index < -0.39 is 0 Å². The van der Waals surface area contributed by atoms with Crippen molar-refractivity contribution in [3.05, 3.63) is 53.0 Å². The van der Waals surface area contributed by atoms with Crippen LogP contribution in [0.2, 0.25) is 0 Å². The number of hydrogen-bond acceptors (Lipinski definition) is 3. The predicted octanol–water partition coefficient (Wildman–Crippen LogP) is 1.93. The summed E-state index contributed by atoms with van der Waals surface area (Å²) in [6.45, 7) is 3.45. The molecule has 0 saturated heterocycles. The zero-order valence-corrected chi connectivity index (χ0v) is 11.7. The first-order valence-corrected chi connectivity index (χ1v) is 6.38. The maximum atomic E-state index is 11.8. The van der Waals surface area contributed by atoms with Crippen molar-refractivity contribution in [1.29, 1.82) is 0 Å². The zero-order valence-electron chi connectivity index (χ0n) is 10.1. The van der Waals surface area contributed by atoms with Crippen molar-refractivity contribution in [2.24, 2.45) is 5.73 Å². The van der Waals surface area contributed by atoms with E-state index in [-0.39, 0.29) is 18.1 Å². The third-order valence-electron chi connectivity index (χ3n) is 2.57. The van der Waals surface area contributed by atoms with E-state index in [1.54, 1.807) is 12.4 Å². The van der Waals surface area contributed by atoms with Gasteiger partial charge in [0.25, 0.3) is 0 Å². The maximum absolute atomic E-state index is 11.8. The van der Waals surface area contributed by atoms with Gasteiger partial charge in [0, 0.05) is 16.2 Å². The van der Waals surface area contributed by atoms with Crippen LogP contribution in [-0.4, -0.2) is 16.1 Å². The van der Waals surface area contributed by atoms with Crippen LogP contribution in [0.3, 0.4) is 0 Å². The van der Waals surface area contributed by atoms with E-state index in [0.29, 0.717) is 0 Å². The molecule has 1 amide bonds. The molecule has 19 heavy (non-hydrogen) atoms. The van der Waals surface area contributed by atoms with E-state index >= 15 is 0 Å². The smallest absolute Gasteiger partial charge is 0.229 e. The van der Waals surface area contributed by atoms with Gasteiger partial charge in [-0.2, -0.15) is 5.10 Å². The Morgan fingerprint density at radius 1 is 1.53 bits per heavy atom. The van der Waals surface area contributed by atoms with Crippen LogP contribution < -0.4 is 11.1 Å². The van der Waals surface area contributed by atoms with E-state index in [2.05, 4.69) is 38.0 Å². The highest BCUT2D eigenvalue weighted by Crippen LogP contribution is 2.29. The van der Waals surface area contributed by atoms with Gasteiger partial charge in [-0.15, -0.1) is 0 Å². The Morgan fingerprint density at radius 2 is 2.32 bits per heavy atom. The summed E-state index contributed by atoms with van der Waals surface area (Å²) in [5.41, 5.74) is 8.11. The molecule has 98 valence electrons. The van der Waals surface area contributed by atoms with Crippen molar-refractivity contribution in [3.63, 3.8) is 0 Å². The second-order valence-electron chi connectivity index (χ2n) is 4.00. The molecule has 0 aliphatic carbocycles. The molecule has 0 spiro atoms. The fourth-order valence-corrected chi connectivity index (χ4v) is 2.30. The van der Waals surface area contributed by atoms with Gasteiger partial charge in [0.05, 0.1) is 18.4 Å². The molecule has 0 fully saturated rings. The number of rotatable bonds is 4. The minimum atomic E-state index is -0.204. The molecule has 0 aliphatic rings. The average Bonchev–Trinajstić information content (AvgIpc) is 2.84. The molecule has 0 unspecified atom stereocenters. The fraction of sp³-hybridized carbons (Fsp3) is 0.0769. The molecule has 1 aromatic carbocycles. The number of carbonyl (C=O) groups is 1.